The smallest absolute Gasteiger partial charge is 0.323 e. The third kappa shape index (κ3) is 3.88. The van der Waals surface area contributed by atoms with Crippen LogP contribution in [-0.4, -0.2) is 44.2 Å². The number of nitrogens with zero attached hydrogens (tertiary/aromatic N) is 5. The second-order valence-corrected chi connectivity index (χ2v) is 6.25. The number of amides is 2. The van der Waals surface area contributed by atoms with Crippen molar-refractivity contribution in [3.8, 4) is 0 Å². The molecule has 1 aliphatic heterocycles. The Hall–Kier alpha value is -2.38. The first-order chi connectivity index (χ1) is 11.1. The molecular weight excluding hydrogens is 296 g/mol. The first-order valence-corrected chi connectivity index (χ1v) is 7.98. The fraction of sp³-hybridized carbons (Fsp3) is 0.600. The largest absolute Gasteiger partial charge is 0.359 e. The summed E-state index contributed by atoms with van der Waals surface area (Å²) in [5.41, 5.74) is 0. The summed E-state index contributed by atoms with van der Waals surface area (Å²) in [6.07, 6.45) is 5.48. The first kappa shape index (κ1) is 15.5. The van der Waals surface area contributed by atoms with Crippen molar-refractivity contribution in [3.63, 3.8) is 0 Å². The van der Waals surface area contributed by atoms with Gasteiger partial charge in [0.15, 0.2) is 5.82 Å². The Morgan fingerprint density at radius 2 is 2.22 bits per heavy atom. The predicted molar refractivity (Wildman–Crippen MR) is 83.9 cm³/mol. The van der Waals surface area contributed by atoms with Gasteiger partial charge >= 0.3 is 6.03 Å². The highest BCUT2D eigenvalue weighted by Gasteiger charge is 2.24. The minimum atomic E-state index is -0.118. The van der Waals surface area contributed by atoms with E-state index in [0.717, 1.165) is 38.2 Å². The lowest BCUT2D eigenvalue weighted by molar-refractivity contribution is 0.175. The molecule has 0 radical (unpaired) electrons. The van der Waals surface area contributed by atoms with Gasteiger partial charge in [-0.3, -0.25) is 10.00 Å². The molecule has 1 N–H and O–H groups in total. The van der Waals surface area contributed by atoms with E-state index in [0.29, 0.717) is 11.7 Å². The maximum Gasteiger partial charge on any atom is 0.323 e. The van der Waals surface area contributed by atoms with Gasteiger partial charge in [-0.05, 0) is 18.8 Å². The number of urea groups is 1. The number of rotatable bonds is 4. The molecule has 0 aliphatic carbocycles. The van der Waals surface area contributed by atoms with Crippen molar-refractivity contribution < 1.29 is 9.32 Å². The number of hydrogen-bond acceptors (Lipinski definition) is 5. The van der Waals surface area contributed by atoms with Gasteiger partial charge in [0.05, 0.1) is 6.20 Å². The zero-order valence-corrected chi connectivity index (χ0v) is 13.5. The van der Waals surface area contributed by atoms with Crippen LogP contribution in [0.15, 0.2) is 23.0 Å². The van der Waals surface area contributed by atoms with Gasteiger partial charge in [0.25, 0.3) is 0 Å². The van der Waals surface area contributed by atoms with E-state index in [1.165, 1.54) is 0 Å². The molecule has 8 nitrogen and oxygen atoms in total. The summed E-state index contributed by atoms with van der Waals surface area (Å²) in [5, 5.41) is 14.5. The molecule has 1 saturated heterocycles. The summed E-state index contributed by atoms with van der Waals surface area (Å²) >= 11 is 0. The van der Waals surface area contributed by atoms with Crippen molar-refractivity contribution in [2.75, 3.05) is 18.4 Å². The van der Waals surface area contributed by atoms with Crippen molar-refractivity contribution in [3.05, 3.63) is 24.2 Å². The monoisotopic (exact) mass is 318 g/mol. The molecule has 2 amide bonds. The second-order valence-electron chi connectivity index (χ2n) is 6.25. The van der Waals surface area contributed by atoms with E-state index >= 15 is 0 Å². The van der Waals surface area contributed by atoms with Gasteiger partial charge in [0, 0.05) is 37.8 Å². The lowest BCUT2D eigenvalue weighted by atomic mass is 9.97. The summed E-state index contributed by atoms with van der Waals surface area (Å²) < 4.78 is 7.04. The van der Waals surface area contributed by atoms with Gasteiger partial charge in [-0.25, -0.2) is 4.79 Å². The minimum Gasteiger partial charge on any atom is -0.359 e. The van der Waals surface area contributed by atoms with Crippen LogP contribution < -0.4 is 5.32 Å². The van der Waals surface area contributed by atoms with Gasteiger partial charge in [0.1, 0.15) is 5.76 Å². The Morgan fingerprint density at radius 1 is 1.43 bits per heavy atom. The maximum atomic E-state index is 12.3. The molecule has 0 unspecified atom stereocenters. The molecule has 3 rings (SSSR count). The predicted octanol–water partition coefficient (Wildman–Crippen LogP) is 2.33. The summed E-state index contributed by atoms with van der Waals surface area (Å²) in [5.74, 6) is 2.02. The summed E-state index contributed by atoms with van der Waals surface area (Å²) in [6, 6.07) is 1.66. The van der Waals surface area contributed by atoms with E-state index in [2.05, 4.69) is 20.8 Å². The highest BCUT2D eigenvalue weighted by atomic mass is 16.5. The van der Waals surface area contributed by atoms with Gasteiger partial charge in [0.2, 0.25) is 0 Å². The molecule has 0 saturated carbocycles. The average molecular weight is 318 g/mol. The van der Waals surface area contributed by atoms with Crippen LogP contribution in [0.4, 0.5) is 10.6 Å². The number of nitrogens with one attached hydrogen (secondary N) is 1. The summed E-state index contributed by atoms with van der Waals surface area (Å²) in [7, 11) is 0. The number of hydrogen-bond donors (Lipinski definition) is 1. The minimum absolute atomic E-state index is 0.118. The Balaban J connectivity index is 1.47. The number of anilines is 1. The molecule has 124 valence electrons. The molecule has 2 aromatic rings. The average Bonchev–Trinajstić information content (AvgIpc) is 3.19. The summed E-state index contributed by atoms with van der Waals surface area (Å²) in [4.78, 5) is 14.1. The first-order valence-electron chi connectivity index (χ1n) is 7.98. The van der Waals surface area contributed by atoms with Crippen molar-refractivity contribution in [1.82, 2.24) is 25.1 Å². The third-order valence-corrected chi connectivity index (χ3v) is 4.15. The topological polar surface area (TPSA) is 89.1 Å². The van der Waals surface area contributed by atoms with Crippen LogP contribution >= 0.6 is 0 Å². The van der Waals surface area contributed by atoms with Crippen molar-refractivity contribution >= 4 is 11.8 Å². The van der Waals surface area contributed by atoms with Crippen LogP contribution in [0.2, 0.25) is 0 Å². The van der Waals surface area contributed by atoms with Gasteiger partial charge in [-0.15, -0.1) is 5.10 Å². The third-order valence-electron chi connectivity index (χ3n) is 4.15. The number of likely N-dealkylation sites (tertiary alicyclic amines) is 1. The SMILES string of the molecule is CC(C)c1cc(NC(=O)N2CCC(Cn3ccnn3)CC2)no1. The van der Waals surface area contributed by atoms with Crippen molar-refractivity contribution in [1.29, 1.82) is 0 Å². The second kappa shape index (κ2) is 6.80. The fourth-order valence-corrected chi connectivity index (χ4v) is 2.72. The van der Waals surface area contributed by atoms with Gasteiger partial charge in [-0.2, -0.15) is 0 Å². The summed E-state index contributed by atoms with van der Waals surface area (Å²) in [6.45, 7) is 6.37. The highest BCUT2D eigenvalue weighted by molar-refractivity contribution is 5.88. The molecule has 1 fully saturated rings. The number of carbonyl (C=O) groups is 1. The van der Waals surface area contributed by atoms with E-state index in [1.807, 2.05) is 29.6 Å². The van der Waals surface area contributed by atoms with E-state index in [9.17, 15) is 4.79 Å². The van der Waals surface area contributed by atoms with Crippen LogP contribution in [0.3, 0.4) is 0 Å². The van der Waals surface area contributed by atoms with Crippen LogP contribution in [0.25, 0.3) is 0 Å². The standard InChI is InChI=1S/C15H22N6O2/c1-11(2)13-9-14(18-23-13)17-15(22)20-6-3-12(4-7-20)10-21-8-5-16-19-21/h5,8-9,11-12H,3-4,6-7,10H2,1-2H3,(H,17,18,22). The van der Waals surface area contributed by atoms with Gasteiger partial charge in [-0.1, -0.05) is 24.2 Å². The molecular formula is C15H22N6O2. The van der Waals surface area contributed by atoms with Crippen LogP contribution in [-0.2, 0) is 6.54 Å². The Bertz CT molecular complexity index is 628. The maximum absolute atomic E-state index is 12.3. The molecule has 8 heteroatoms. The van der Waals surface area contributed by atoms with E-state index in [1.54, 1.807) is 12.3 Å². The molecule has 0 aromatic carbocycles. The molecule has 0 atom stereocenters. The van der Waals surface area contributed by atoms with Crippen LogP contribution in [0, 0.1) is 5.92 Å². The number of piperidine rings is 1. The Kier molecular flexibility index (Phi) is 4.59. The molecule has 1 aliphatic rings. The Morgan fingerprint density at radius 3 is 2.83 bits per heavy atom. The van der Waals surface area contributed by atoms with Crippen molar-refractivity contribution in [2.45, 2.75) is 39.2 Å². The van der Waals surface area contributed by atoms with E-state index < -0.39 is 0 Å². The molecule has 2 aromatic heterocycles. The molecule has 23 heavy (non-hydrogen) atoms. The number of aromatic nitrogens is 4. The van der Waals surface area contributed by atoms with Crippen molar-refractivity contribution in [2.24, 2.45) is 5.92 Å². The fourth-order valence-electron chi connectivity index (χ4n) is 2.72. The Labute approximate surface area is 134 Å². The van der Waals surface area contributed by atoms with E-state index in [4.69, 9.17) is 4.52 Å². The zero-order chi connectivity index (χ0) is 16.2. The normalized spacial score (nSPS) is 16.0. The molecule has 0 spiro atoms. The lowest BCUT2D eigenvalue weighted by Gasteiger charge is -2.31. The lowest BCUT2D eigenvalue weighted by Crippen LogP contribution is -2.41. The quantitative estimate of drug-likeness (QED) is 0.934. The zero-order valence-electron chi connectivity index (χ0n) is 13.5. The molecule has 3 heterocycles. The van der Waals surface area contributed by atoms with E-state index in [-0.39, 0.29) is 11.9 Å². The van der Waals surface area contributed by atoms with Crippen LogP contribution in [0.1, 0.15) is 38.4 Å². The number of carbonyl (C=O) groups excluding carboxylic acids is 1. The highest BCUT2D eigenvalue weighted by Crippen LogP contribution is 2.21. The van der Waals surface area contributed by atoms with Gasteiger partial charge < -0.3 is 9.42 Å². The molecule has 0 bridgehead atoms. The van der Waals surface area contributed by atoms with Crippen LogP contribution in [0.5, 0.6) is 0 Å².